The van der Waals surface area contributed by atoms with Crippen molar-refractivity contribution < 1.29 is 22.0 Å². The van der Waals surface area contributed by atoms with Gasteiger partial charge in [-0.1, -0.05) is 18.2 Å². The van der Waals surface area contributed by atoms with E-state index in [1.165, 1.54) is 36.4 Å². The first-order valence-corrected chi connectivity index (χ1v) is 10.4. The summed E-state index contributed by atoms with van der Waals surface area (Å²) in [5.41, 5.74) is 1.03. The van der Waals surface area contributed by atoms with Gasteiger partial charge >= 0.3 is 0 Å². The Kier molecular flexibility index (Phi) is 5.24. The van der Waals surface area contributed by atoms with Crippen molar-refractivity contribution in [2.24, 2.45) is 0 Å². The van der Waals surface area contributed by atoms with Crippen LogP contribution in [0.4, 0.5) is 16.0 Å². The highest BCUT2D eigenvalue weighted by molar-refractivity contribution is 7.91. The van der Waals surface area contributed by atoms with Crippen LogP contribution in [0.5, 0.6) is 5.75 Å². The van der Waals surface area contributed by atoms with Gasteiger partial charge in [0.1, 0.15) is 11.6 Å². The van der Waals surface area contributed by atoms with E-state index in [1.54, 1.807) is 49.6 Å². The van der Waals surface area contributed by atoms with E-state index < -0.39 is 15.7 Å². The van der Waals surface area contributed by atoms with Crippen LogP contribution >= 0.6 is 0 Å². The van der Waals surface area contributed by atoms with Gasteiger partial charge in [-0.3, -0.25) is 0 Å². The predicted octanol–water partition coefficient (Wildman–Crippen LogP) is 5.07. The number of aromatic nitrogens is 1. The van der Waals surface area contributed by atoms with E-state index in [0.717, 1.165) is 0 Å². The minimum absolute atomic E-state index is 0.0386. The first-order valence-electron chi connectivity index (χ1n) is 8.95. The van der Waals surface area contributed by atoms with Crippen molar-refractivity contribution >= 4 is 21.4 Å². The van der Waals surface area contributed by atoms with E-state index in [4.69, 9.17) is 9.15 Å². The molecule has 0 bridgehead atoms. The standard InChI is InChI=1S/C22H17FN2O4S/c1-28-18-13-11-17(12-14-18)24-21-22(30(26,27)19-5-3-2-4-6-19)25-20(29-21)15-7-9-16(23)10-8-15/h2-14,24H,1H3. The highest BCUT2D eigenvalue weighted by Crippen LogP contribution is 2.34. The second-order valence-electron chi connectivity index (χ2n) is 6.33. The normalized spacial score (nSPS) is 11.3. The molecule has 6 nitrogen and oxygen atoms in total. The number of rotatable bonds is 6. The lowest BCUT2D eigenvalue weighted by molar-refractivity contribution is 0.415. The molecule has 1 N–H and O–H groups in total. The van der Waals surface area contributed by atoms with Crippen molar-refractivity contribution in [1.29, 1.82) is 0 Å². The van der Waals surface area contributed by atoms with Gasteiger partial charge in [0.2, 0.25) is 26.6 Å². The molecule has 3 aromatic carbocycles. The number of hydrogen-bond acceptors (Lipinski definition) is 6. The molecule has 0 saturated carbocycles. The molecule has 0 atom stereocenters. The van der Waals surface area contributed by atoms with E-state index in [1.807, 2.05) is 0 Å². The van der Waals surface area contributed by atoms with Crippen molar-refractivity contribution in [2.45, 2.75) is 9.92 Å². The molecule has 0 radical (unpaired) electrons. The zero-order valence-electron chi connectivity index (χ0n) is 15.9. The fourth-order valence-corrected chi connectivity index (χ4v) is 4.08. The van der Waals surface area contributed by atoms with Gasteiger partial charge < -0.3 is 14.5 Å². The SMILES string of the molecule is COc1ccc(Nc2oc(-c3ccc(F)cc3)nc2S(=O)(=O)c2ccccc2)cc1. The second kappa shape index (κ2) is 8.00. The molecule has 0 amide bonds. The Morgan fingerprint density at radius 3 is 2.23 bits per heavy atom. The maximum atomic E-state index is 13.3. The number of ether oxygens (including phenoxy) is 1. The molecule has 0 fully saturated rings. The van der Waals surface area contributed by atoms with Crippen molar-refractivity contribution in [2.75, 3.05) is 12.4 Å². The van der Waals surface area contributed by atoms with E-state index in [2.05, 4.69) is 10.3 Å². The first kappa shape index (κ1) is 19.7. The van der Waals surface area contributed by atoms with Crippen molar-refractivity contribution in [3.63, 3.8) is 0 Å². The van der Waals surface area contributed by atoms with E-state index in [-0.39, 0.29) is 21.7 Å². The average molecular weight is 424 g/mol. The minimum Gasteiger partial charge on any atom is -0.497 e. The van der Waals surface area contributed by atoms with Gasteiger partial charge in [0.25, 0.3) is 0 Å². The number of sulfone groups is 1. The number of oxazole rings is 1. The van der Waals surface area contributed by atoms with Gasteiger partial charge in [-0.25, -0.2) is 12.8 Å². The fourth-order valence-electron chi connectivity index (χ4n) is 2.80. The summed E-state index contributed by atoms with van der Waals surface area (Å²) in [6.45, 7) is 0. The molecule has 4 rings (SSSR count). The predicted molar refractivity (Wildman–Crippen MR) is 110 cm³/mol. The molecule has 0 spiro atoms. The van der Waals surface area contributed by atoms with Gasteiger partial charge in [-0.2, -0.15) is 4.98 Å². The maximum Gasteiger partial charge on any atom is 0.238 e. The summed E-state index contributed by atoms with van der Waals surface area (Å²) >= 11 is 0. The third kappa shape index (κ3) is 3.90. The molecule has 4 aromatic rings. The summed E-state index contributed by atoms with van der Waals surface area (Å²) in [5, 5.41) is 2.70. The lowest BCUT2D eigenvalue weighted by Gasteiger charge is -2.07. The number of methoxy groups -OCH3 is 1. The summed E-state index contributed by atoms with van der Waals surface area (Å²) in [5.74, 6) is 0.255. The smallest absolute Gasteiger partial charge is 0.238 e. The molecular formula is C22H17FN2O4S. The quantitative estimate of drug-likeness (QED) is 0.466. The van der Waals surface area contributed by atoms with Crippen LogP contribution in [0.25, 0.3) is 11.5 Å². The average Bonchev–Trinajstić information content (AvgIpc) is 3.20. The van der Waals surface area contributed by atoms with Crippen molar-refractivity contribution in [1.82, 2.24) is 4.98 Å². The lowest BCUT2D eigenvalue weighted by atomic mass is 10.2. The topological polar surface area (TPSA) is 81.4 Å². The summed E-state index contributed by atoms with van der Waals surface area (Å²) < 4.78 is 50.6. The highest BCUT2D eigenvalue weighted by Gasteiger charge is 2.28. The van der Waals surface area contributed by atoms with Gasteiger partial charge in [0.15, 0.2) is 0 Å². The first-order chi connectivity index (χ1) is 14.5. The number of benzene rings is 3. The van der Waals surface area contributed by atoms with Crippen LogP contribution in [-0.4, -0.2) is 20.5 Å². The van der Waals surface area contributed by atoms with Crippen molar-refractivity contribution in [3.05, 3.63) is 84.7 Å². The van der Waals surface area contributed by atoms with Gasteiger partial charge in [-0.15, -0.1) is 0 Å². The molecule has 1 heterocycles. The van der Waals surface area contributed by atoms with Crippen molar-refractivity contribution in [3.8, 4) is 17.2 Å². The Balaban J connectivity index is 1.81. The molecule has 0 aliphatic heterocycles. The lowest BCUT2D eigenvalue weighted by Crippen LogP contribution is -2.05. The van der Waals surface area contributed by atoms with E-state index >= 15 is 0 Å². The second-order valence-corrected chi connectivity index (χ2v) is 8.20. The van der Waals surface area contributed by atoms with Crippen LogP contribution in [0.2, 0.25) is 0 Å². The fraction of sp³-hybridized carbons (Fsp3) is 0.0455. The van der Waals surface area contributed by atoms with E-state index in [9.17, 15) is 12.8 Å². The summed E-state index contributed by atoms with van der Waals surface area (Å²) in [6.07, 6.45) is 0. The van der Waals surface area contributed by atoms with Gasteiger partial charge in [-0.05, 0) is 60.7 Å². The molecule has 30 heavy (non-hydrogen) atoms. The third-order valence-corrected chi connectivity index (χ3v) is 6.02. The Hall–Kier alpha value is -3.65. The minimum atomic E-state index is -3.96. The Morgan fingerprint density at radius 1 is 0.933 bits per heavy atom. The summed E-state index contributed by atoms with van der Waals surface area (Å²) in [7, 11) is -2.41. The molecular weight excluding hydrogens is 407 g/mol. The molecule has 152 valence electrons. The highest BCUT2D eigenvalue weighted by atomic mass is 32.2. The molecule has 0 unspecified atom stereocenters. The van der Waals surface area contributed by atoms with Crippen LogP contribution < -0.4 is 10.1 Å². The van der Waals surface area contributed by atoms with Crippen LogP contribution in [-0.2, 0) is 9.84 Å². The monoisotopic (exact) mass is 424 g/mol. The molecule has 0 aliphatic rings. The Morgan fingerprint density at radius 2 is 1.60 bits per heavy atom. The number of nitrogens with zero attached hydrogens (tertiary/aromatic N) is 1. The van der Waals surface area contributed by atoms with Crippen LogP contribution in [0, 0.1) is 5.82 Å². The zero-order chi connectivity index (χ0) is 21.1. The number of halogens is 1. The van der Waals surface area contributed by atoms with Crippen LogP contribution in [0.1, 0.15) is 0 Å². The number of nitrogens with one attached hydrogen (secondary N) is 1. The molecule has 1 aromatic heterocycles. The van der Waals surface area contributed by atoms with Crippen LogP contribution in [0.3, 0.4) is 0 Å². The largest absolute Gasteiger partial charge is 0.497 e. The maximum absolute atomic E-state index is 13.3. The van der Waals surface area contributed by atoms with E-state index in [0.29, 0.717) is 17.0 Å². The number of hydrogen-bond donors (Lipinski definition) is 1. The van der Waals surface area contributed by atoms with Crippen LogP contribution in [0.15, 0.2) is 93.2 Å². The third-order valence-electron chi connectivity index (χ3n) is 4.34. The summed E-state index contributed by atoms with van der Waals surface area (Å²) in [4.78, 5) is 4.31. The Bertz CT molecular complexity index is 1250. The summed E-state index contributed by atoms with van der Waals surface area (Å²) in [6, 6.07) is 20.3. The molecule has 0 aliphatic carbocycles. The number of anilines is 2. The molecule has 8 heteroatoms. The van der Waals surface area contributed by atoms with Gasteiger partial charge in [0.05, 0.1) is 12.0 Å². The molecule has 0 saturated heterocycles. The Labute approximate surface area is 172 Å². The van der Waals surface area contributed by atoms with Gasteiger partial charge in [0, 0.05) is 11.3 Å². The zero-order valence-corrected chi connectivity index (χ0v) is 16.7.